The predicted molar refractivity (Wildman–Crippen MR) is 85.6 cm³/mol. The third kappa shape index (κ3) is 5.19. The van der Waals surface area contributed by atoms with Gasteiger partial charge in [0.25, 0.3) is 5.91 Å². The van der Waals surface area contributed by atoms with E-state index in [9.17, 15) is 18.0 Å². The van der Waals surface area contributed by atoms with Crippen LogP contribution in [0.15, 0.2) is 41.8 Å². The van der Waals surface area contributed by atoms with Gasteiger partial charge in [-0.3, -0.25) is 4.79 Å². The van der Waals surface area contributed by atoms with E-state index < -0.39 is 27.9 Å². The number of rotatable bonds is 8. The number of carbonyl (C=O) groups is 2. The Kier molecular flexibility index (Phi) is 6.47. The summed E-state index contributed by atoms with van der Waals surface area (Å²) >= 11 is 0. The van der Waals surface area contributed by atoms with Crippen LogP contribution in [0.3, 0.4) is 0 Å². The fourth-order valence-electron chi connectivity index (χ4n) is 1.78. The SMILES string of the molecule is C=CCNS(=O)(=O)c1ccc(C(=O)N[C@H](C(=O)O)C(C)C)cc1. The molecule has 0 aliphatic carbocycles. The second kappa shape index (κ2) is 7.89. The Labute approximate surface area is 135 Å². The normalized spacial score (nSPS) is 12.7. The van der Waals surface area contributed by atoms with Gasteiger partial charge in [0.05, 0.1) is 4.90 Å². The van der Waals surface area contributed by atoms with E-state index in [2.05, 4.69) is 16.6 Å². The molecule has 0 aromatic heterocycles. The van der Waals surface area contributed by atoms with Gasteiger partial charge in [0, 0.05) is 12.1 Å². The second-order valence-corrected chi connectivity index (χ2v) is 6.97. The van der Waals surface area contributed by atoms with E-state index in [-0.39, 0.29) is 22.9 Å². The molecule has 126 valence electrons. The van der Waals surface area contributed by atoms with Crippen molar-refractivity contribution in [3.05, 3.63) is 42.5 Å². The third-order valence-electron chi connectivity index (χ3n) is 3.06. The molecule has 0 heterocycles. The lowest BCUT2D eigenvalue weighted by molar-refractivity contribution is -0.140. The number of nitrogens with one attached hydrogen (secondary N) is 2. The molecule has 0 aliphatic rings. The summed E-state index contributed by atoms with van der Waals surface area (Å²) in [5.41, 5.74) is 0.180. The molecule has 1 aromatic carbocycles. The summed E-state index contributed by atoms with van der Waals surface area (Å²) < 4.78 is 26.1. The van der Waals surface area contributed by atoms with Gasteiger partial charge in [-0.05, 0) is 30.2 Å². The van der Waals surface area contributed by atoms with Crippen LogP contribution in [0.5, 0.6) is 0 Å². The third-order valence-corrected chi connectivity index (χ3v) is 4.50. The van der Waals surface area contributed by atoms with Crippen molar-refractivity contribution in [3.63, 3.8) is 0 Å². The van der Waals surface area contributed by atoms with Crippen molar-refractivity contribution in [1.29, 1.82) is 0 Å². The molecule has 1 atom stereocenters. The highest BCUT2D eigenvalue weighted by Gasteiger charge is 2.24. The highest BCUT2D eigenvalue weighted by molar-refractivity contribution is 7.89. The first-order valence-electron chi connectivity index (χ1n) is 6.93. The standard InChI is InChI=1S/C15H20N2O5S/c1-4-9-16-23(21,22)12-7-5-11(6-8-12)14(18)17-13(10(2)3)15(19)20/h4-8,10,13,16H,1,9H2,2-3H3,(H,17,18)(H,19,20)/t13-/m0/s1. The van der Waals surface area contributed by atoms with Gasteiger partial charge in [-0.2, -0.15) is 0 Å². The summed E-state index contributed by atoms with van der Waals surface area (Å²) in [5.74, 6) is -1.98. The Morgan fingerprint density at radius 2 is 1.83 bits per heavy atom. The van der Waals surface area contributed by atoms with Gasteiger partial charge in [0.2, 0.25) is 10.0 Å². The minimum absolute atomic E-state index is 0.00884. The molecule has 0 radical (unpaired) electrons. The average Bonchev–Trinajstić information content (AvgIpc) is 2.49. The van der Waals surface area contributed by atoms with Gasteiger partial charge in [0.1, 0.15) is 6.04 Å². The topological polar surface area (TPSA) is 113 Å². The lowest BCUT2D eigenvalue weighted by Crippen LogP contribution is -2.44. The van der Waals surface area contributed by atoms with Crippen LogP contribution in [0.4, 0.5) is 0 Å². The van der Waals surface area contributed by atoms with Gasteiger partial charge in [0.15, 0.2) is 0 Å². The quantitative estimate of drug-likeness (QED) is 0.611. The predicted octanol–water partition coefficient (Wildman–Crippen LogP) is 0.990. The monoisotopic (exact) mass is 340 g/mol. The maximum atomic E-state index is 12.0. The molecule has 1 amide bonds. The Balaban J connectivity index is 2.90. The van der Waals surface area contributed by atoms with Crippen molar-refractivity contribution in [1.82, 2.24) is 10.0 Å². The zero-order chi connectivity index (χ0) is 17.6. The summed E-state index contributed by atoms with van der Waals surface area (Å²) in [6.45, 7) is 6.88. The van der Waals surface area contributed by atoms with Crippen LogP contribution >= 0.6 is 0 Å². The van der Waals surface area contributed by atoms with Crippen LogP contribution in [0.25, 0.3) is 0 Å². The van der Waals surface area contributed by atoms with E-state index in [0.717, 1.165) is 0 Å². The molecule has 0 aliphatic heterocycles. The van der Waals surface area contributed by atoms with E-state index in [0.29, 0.717) is 0 Å². The van der Waals surface area contributed by atoms with Crippen molar-refractivity contribution in [2.75, 3.05) is 6.54 Å². The minimum Gasteiger partial charge on any atom is -0.480 e. The van der Waals surface area contributed by atoms with Gasteiger partial charge in [-0.15, -0.1) is 6.58 Å². The molecule has 0 fully saturated rings. The number of hydrogen-bond donors (Lipinski definition) is 3. The Bertz CT molecular complexity index is 680. The number of hydrogen-bond acceptors (Lipinski definition) is 4. The number of amides is 1. The number of carboxylic acids is 1. The first kappa shape index (κ1) is 18.9. The van der Waals surface area contributed by atoms with Crippen molar-refractivity contribution < 1.29 is 23.1 Å². The van der Waals surface area contributed by atoms with E-state index in [1.165, 1.54) is 30.3 Å². The molecule has 0 unspecified atom stereocenters. The summed E-state index contributed by atoms with van der Waals surface area (Å²) in [6.07, 6.45) is 1.41. The molecule has 3 N–H and O–H groups in total. The fourth-order valence-corrected chi connectivity index (χ4v) is 2.77. The second-order valence-electron chi connectivity index (χ2n) is 5.20. The van der Waals surface area contributed by atoms with Crippen LogP contribution < -0.4 is 10.0 Å². The van der Waals surface area contributed by atoms with Gasteiger partial charge < -0.3 is 10.4 Å². The molecular weight excluding hydrogens is 320 g/mol. The van der Waals surface area contributed by atoms with Crippen LogP contribution in [-0.2, 0) is 14.8 Å². The van der Waals surface area contributed by atoms with Gasteiger partial charge in [-0.1, -0.05) is 19.9 Å². The number of aliphatic carboxylic acids is 1. The maximum absolute atomic E-state index is 12.0. The fraction of sp³-hybridized carbons (Fsp3) is 0.333. The molecule has 23 heavy (non-hydrogen) atoms. The van der Waals surface area contributed by atoms with Crippen molar-refractivity contribution in [2.45, 2.75) is 24.8 Å². The zero-order valence-corrected chi connectivity index (χ0v) is 13.8. The van der Waals surface area contributed by atoms with Crippen LogP contribution in [0.2, 0.25) is 0 Å². The van der Waals surface area contributed by atoms with E-state index in [1.807, 2.05) is 0 Å². The molecule has 0 saturated carbocycles. The Hall–Kier alpha value is -2.19. The highest BCUT2D eigenvalue weighted by atomic mass is 32.2. The molecule has 8 heteroatoms. The smallest absolute Gasteiger partial charge is 0.326 e. The number of benzene rings is 1. The first-order chi connectivity index (χ1) is 10.7. The average molecular weight is 340 g/mol. The largest absolute Gasteiger partial charge is 0.480 e. The molecule has 7 nitrogen and oxygen atoms in total. The van der Waals surface area contributed by atoms with Gasteiger partial charge >= 0.3 is 5.97 Å². The van der Waals surface area contributed by atoms with Crippen LogP contribution in [0, 0.1) is 5.92 Å². The molecule has 0 spiro atoms. The lowest BCUT2D eigenvalue weighted by Gasteiger charge is -2.17. The first-order valence-corrected chi connectivity index (χ1v) is 8.41. The van der Waals surface area contributed by atoms with Gasteiger partial charge in [-0.25, -0.2) is 17.9 Å². The molecule has 0 saturated heterocycles. The molecule has 1 rings (SSSR count). The summed E-state index contributed by atoms with van der Waals surface area (Å²) in [6, 6.07) is 4.21. The Morgan fingerprint density at radius 1 is 1.26 bits per heavy atom. The number of carboxylic acid groups (broad SMARTS) is 1. The molecular formula is C15H20N2O5S. The summed E-state index contributed by atoms with van der Waals surface area (Å²) in [5, 5.41) is 11.5. The lowest BCUT2D eigenvalue weighted by atomic mass is 10.0. The van der Waals surface area contributed by atoms with Crippen LogP contribution in [0.1, 0.15) is 24.2 Å². The van der Waals surface area contributed by atoms with Crippen LogP contribution in [-0.4, -0.2) is 38.0 Å². The van der Waals surface area contributed by atoms with Crippen molar-refractivity contribution in [3.8, 4) is 0 Å². The number of sulfonamides is 1. The number of carbonyl (C=O) groups excluding carboxylic acids is 1. The Morgan fingerprint density at radius 3 is 2.26 bits per heavy atom. The summed E-state index contributed by atoms with van der Waals surface area (Å²) in [7, 11) is -3.66. The highest BCUT2D eigenvalue weighted by Crippen LogP contribution is 2.11. The van der Waals surface area contributed by atoms with Crippen molar-refractivity contribution in [2.24, 2.45) is 5.92 Å². The van der Waals surface area contributed by atoms with E-state index in [4.69, 9.17) is 5.11 Å². The van der Waals surface area contributed by atoms with E-state index in [1.54, 1.807) is 13.8 Å². The maximum Gasteiger partial charge on any atom is 0.326 e. The minimum atomic E-state index is -3.66. The molecule has 1 aromatic rings. The zero-order valence-electron chi connectivity index (χ0n) is 12.9. The van der Waals surface area contributed by atoms with Crippen molar-refractivity contribution >= 4 is 21.9 Å². The molecule has 0 bridgehead atoms. The van der Waals surface area contributed by atoms with E-state index >= 15 is 0 Å². The summed E-state index contributed by atoms with van der Waals surface area (Å²) in [4.78, 5) is 23.1.